The van der Waals surface area contributed by atoms with E-state index in [0.29, 0.717) is 12.1 Å². The number of benzene rings is 1. The van der Waals surface area contributed by atoms with Crippen LogP contribution in [-0.2, 0) is 0 Å². The number of aromatic nitrogens is 2. The quantitative estimate of drug-likeness (QED) is 0.898. The lowest BCUT2D eigenvalue weighted by Crippen LogP contribution is -2.49. The van der Waals surface area contributed by atoms with Crippen LogP contribution in [0.3, 0.4) is 0 Å². The van der Waals surface area contributed by atoms with Crippen molar-refractivity contribution in [2.75, 3.05) is 26.2 Å². The van der Waals surface area contributed by atoms with Crippen molar-refractivity contribution in [1.29, 1.82) is 0 Å². The second-order valence-corrected chi connectivity index (χ2v) is 7.67. The number of piperidine rings is 2. The number of aromatic amines is 1. The van der Waals surface area contributed by atoms with Crippen molar-refractivity contribution in [3.05, 3.63) is 34.7 Å². The monoisotopic (exact) mass is 342 g/mol. The standard InChI is InChI=1S/C20H30N4O/c1-2-18(15-6-5-11-21-14-15)23-12-9-16(10-13-23)24-19-8-4-3-7-17(19)22-20(24)25/h3-4,7-8,15-16,18,21H,2,5-6,9-14H2,1H3,(H,22,25). The lowest BCUT2D eigenvalue weighted by Gasteiger charge is -2.42. The summed E-state index contributed by atoms with van der Waals surface area (Å²) in [5.41, 5.74) is 2.05. The first-order valence-corrected chi connectivity index (χ1v) is 9.92. The number of likely N-dealkylation sites (tertiary alicyclic amines) is 1. The van der Waals surface area contributed by atoms with Crippen LogP contribution in [0, 0.1) is 5.92 Å². The molecule has 0 bridgehead atoms. The highest BCUT2D eigenvalue weighted by atomic mass is 16.1. The van der Waals surface area contributed by atoms with Crippen molar-refractivity contribution in [3.63, 3.8) is 0 Å². The van der Waals surface area contributed by atoms with E-state index in [1.165, 1.54) is 32.4 Å². The molecule has 1 aromatic carbocycles. The van der Waals surface area contributed by atoms with Gasteiger partial charge in [-0.15, -0.1) is 0 Å². The first kappa shape index (κ1) is 16.9. The Bertz CT molecular complexity index is 750. The molecule has 25 heavy (non-hydrogen) atoms. The molecule has 0 aliphatic carbocycles. The average molecular weight is 342 g/mol. The van der Waals surface area contributed by atoms with E-state index in [4.69, 9.17) is 0 Å². The fraction of sp³-hybridized carbons (Fsp3) is 0.650. The normalized spacial score (nSPS) is 24.6. The van der Waals surface area contributed by atoms with Crippen molar-refractivity contribution in [3.8, 4) is 0 Å². The molecule has 0 radical (unpaired) electrons. The van der Waals surface area contributed by atoms with Gasteiger partial charge in [0.1, 0.15) is 0 Å². The Morgan fingerprint density at radius 1 is 1.20 bits per heavy atom. The lowest BCUT2D eigenvalue weighted by atomic mass is 9.87. The van der Waals surface area contributed by atoms with E-state index in [-0.39, 0.29) is 5.69 Å². The Hall–Kier alpha value is -1.59. The summed E-state index contributed by atoms with van der Waals surface area (Å²) < 4.78 is 2.00. The second-order valence-electron chi connectivity index (χ2n) is 7.67. The van der Waals surface area contributed by atoms with E-state index in [0.717, 1.165) is 42.9 Å². The zero-order chi connectivity index (χ0) is 17.2. The van der Waals surface area contributed by atoms with Gasteiger partial charge in [-0.25, -0.2) is 4.79 Å². The molecular formula is C20H30N4O. The molecule has 136 valence electrons. The summed E-state index contributed by atoms with van der Waals surface area (Å²) in [5, 5.41) is 3.57. The minimum absolute atomic E-state index is 0.0446. The van der Waals surface area contributed by atoms with Gasteiger partial charge in [-0.1, -0.05) is 19.1 Å². The molecule has 5 nitrogen and oxygen atoms in total. The summed E-state index contributed by atoms with van der Waals surface area (Å²) in [5.74, 6) is 0.783. The minimum atomic E-state index is 0.0446. The summed E-state index contributed by atoms with van der Waals surface area (Å²) in [4.78, 5) is 18.1. The summed E-state index contributed by atoms with van der Waals surface area (Å²) >= 11 is 0. The fourth-order valence-electron chi connectivity index (χ4n) is 5.01. The Labute approximate surface area is 149 Å². The van der Waals surface area contributed by atoms with Crippen LogP contribution in [0.4, 0.5) is 0 Å². The van der Waals surface area contributed by atoms with Gasteiger partial charge < -0.3 is 10.3 Å². The van der Waals surface area contributed by atoms with Crippen LogP contribution in [0.5, 0.6) is 0 Å². The number of fused-ring (bicyclic) bond motifs is 1. The molecule has 3 heterocycles. The average Bonchev–Trinajstić information content (AvgIpc) is 3.00. The summed E-state index contributed by atoms with van der Waals surface area (Å²) in [6.07, 6.45) is 6.02. The van der Waals surface area contributed by atoms with Gasteiger partial charge in [-0.3, -0.25) is 9.47 Å². The largest absolute Gasteiger partial charge is 0.326 e. The van der Waals surface area contributed by atoms with Gasteiger partial charge in [0.2, 0.25) is 0 Å². The van der Waals surface area contributed by atoms with Crippen LogP contribution >= 0.6 is 0 Å². The van der Waals surface area contributed by atoms with Gasteiger partial charge in [-0.2, -0.15) is 0 Å². The van der Waals surface area contributed by atoms with Crippen LogP contribution in [0.1, 0.15) is 45.1 Å². The lowest BCUT2D eigenvalue weighted by molar-refractivity contribution is 0.0830. The smallest absolute Gasteiger partial charge is 0.316 e. The summed E-state index contributed by atoms with van der Waals surface area (Å²) in [7, 11) is 0. The first-order chi connectivity index (χ1) is 12.3. The van der Waals surface area contributed by atoms with Gasteiger partial charge >= 0.3 is 5.69 Å². The Morgan fingerprint density at radius 2 is 2.00 bits per heavy atom. The third kappa shape index (κ3) is 3.27. The molecule has 2 saturated heterocycles. The van der Waals surface area contributed by atoms with Crippen LogP contribution in [0.2, 0.25) is 0 Å². The van der Waals surface area contributed by atoms with E-state index in [1.54, 1.807) is 0 Å². The van der Waals surface area contributed by atoms with Crippen LogP contribution in [0.15, 0.2) is 29.1 Å². The van der Waals surface area contributed by atoms with E-state index >= 15 is 0 Å². The molecule has 2 aliphatic heterocycles. The number of nitrogens with zero attached hydrogens (tertiary/aromatic N) is 2. The number of para-hydroxylation sites is 2. The Morgan fingerprint density at radius 3 is 2.72 bits per heavy atom. The van der Waals surface area contributed by atoms with Crippen molar-refractivity contribution in [2.45, 2.75) is 51.1 Å². The molecule has 2 fully saturated rings. The Balaban J connectivity index is 1.47. The topological polar surface area (TPSA) is 53.1 Å². The van der Waals surface area contributed by atoms with Gasteiger partial charge in [0, 0.05) is 25.2 Å². The molecular weight excluding hydrogens is 312 g/mol. The van der Waals surface area contributed by atoms with Crippen molar-refractivity contribution in [1.82, 2.24) is 19.8 Å². The second kappa shape index (κ2) is 7.34. The first-order valence-electron chi connectivity index (χ1n) is 9.92. The van der Waals surface area contributed by atoms with E-state index < -0.39 is 0 Å². The molecule has 2 unspecified atom stereocenters. The predicted octanol–water partition coefficient (Wildman–Crippen LogP) is 2.74. The summed E-state index contributed by atoms with van der Waals surface area (Å²) in [6.45, 7) is 6.88. The van der Waals surface area contributed by atoms with Gasteiger partial charge in [-0.05, 0) is 63.2 Å². The molecule has 2 aliphatic rings. The van der Waals surface area contributed by atoms with E-state index in [9.17, 15) is 4.79 Å². The molecule has 5 heteroatoms. The Kier molecular flexibility index (Phi) is 4.95. The molecule has 4 rings (SSSR count). The van der Waals surface area contributed by atoms with Crippen molar-refractivity contribution in [2.24, 2.45) is 5.92 Å². The van der Waals surface area contributed by atoms with E-state index in [1.807, 2.05) is 22.8 Å². The van der Waals surface area contributed by atoms with E-state index in [2.05, 4.69) is 28.2 Å². The maximum absolute atomic E-state index is 12.4. The van der Waals surface area contributed by atoms with Gasteiger partial charge in [0.25, 0.3) is 0 Å². The molecule has 2 aromatic rings. The number of imidazole rings is 1. The molecule has 1 aromatic heterocycles. The third-order valence-corrected chi connectivity index (χ3v) is 6.25. The number of hydrogen-bond acceptors (Lipinski definition) is 3. The molecule has 0 saturated carbocycles. The highest BCUT2D eigenvalue weighted by Gasteiger charge is 2.31. The maximum Gasteiger partial charge on any atom is 0.326 e. The van der Waals surface area contributed by atoms with Crippen molar-refractivity contribution >= 4 is 11.0 Å². The molecule has 2 atom stereocenters. The zero-order valence-corrected chi connectivity index (χ0v) is 15.2. The minimum Gasteiger partial charge on any atom is -0.316 e. The van der Waals surface area contributed by atoms with Gasteiger partial charge in [0.05, 0.1) is 11.0 Å². The molecule has 0 amide bonds. The summed E-state index contributed by atoms with van der Waals surface area (Å²) in [6, 6.07) is 9.06. The molecule has 2 N–H and O–H groups in total. The zero-order valence-electron chi connectivity index (χ0n) is 15.2. The molecule has 0 spiro atoms. The third-order valence-electron chi connectivity index (χ3n) is 6.25. The highest BCUT2D eigenvalue weighted by molar-refractivity contribution is 5.75. The maximum atomic E-state index is 12.4. The highest BCUT2D eigenvalue weighted by Crippen LogP contribution is 2.29. The SMILES string of the molecule is CCC(C1CCCNC1)N1CCC(n2c(=O)[nH]c3ccccc32)CC1. The van der Waals surface area contributed by atoms with Crippen LogP contribution < -0.4 is 11.0 Å². The van der Waals surface area contributed by atoms with Crippen LogP contribution in [-0.4, -0.2) is 46.7 Å². The fourth-order valence-corrected chi connectivity index (χ4v) is 5.01. The van der Waals surface area contributed by atoms with Gasteiger partial charge in [0.15, 0.2) is 0 Å². The number of rotatable bonds is 4. The van der Waals surface area contributed by atoms with Crippen molar-refractivity contribution < 1.29 is 0 Å². The van der Waals surface area contributed by atoms with Crippen LogP contribution in [0.25, 0.3) is 11.0 Å². The number of hydrogen-bond donors (Lipinski definition) is 2. The predicted molar refractivity (Wildman–Crippen MR) is 102 cm³/mol. The number of H-pyrrole nitrogens is 1. The number of nitrogens with one attached hydrogen (secondary N) is 2.